The lowest BCUT2D eigenvalue weighted by Gasteiger charge is -2.26. The molecule has 0 saturated carbocycles. The number of fused-ring (bicyclic) bond motifs is 2. The topological polar surface area (TPSA) is 79.4 Å². The summed E-state index contributed by atoms with van der Waals surface area (Å²) >= 11 is 1.36. The van der Waals surface area contributed by atoms with E-state index in [0.717, 1.165) is 15.1 Å². The SMILES string of the molecule is CC(C)C[C@@H](C(=O)Nc1nc2ccccc2s1)N1C(=O)c2ccccc2C1=O. The van der Waals surface area contributed by atoms with E-state index in [1.54, 1.807) is 24.3 Å². The Balaban J connectivity index is 1.63. The molecule has 1 aliphatic heterocycles. The highest BCUT2D eigenvalue weighted by Crippen LogP contribution is 2.29. The molecule has 0 radical (unpaired) electrons. The number of para-hydroxylation sites is 1. The third-order valence-electron chi connectivity index (χ3n) is 4.66. The zero-order chi connectivity index (χ0) is 19.8. The molecule has 7 heteroatoms. The van der Waals surface area contributed by atoms with Crippen LogP contribution in [-0.4, -0.2) is 33.6 Å². The fraction of sp³-hybridized carbons (Fsp3) is 0.238. The van der Waals surface area contributed by atoms with E-state index < -0.39 is 23.8 Å². The number of benzene rings is 2. The molecule has 2 heterocycles. The lowest BCUT2D eigenvalue weighted by molar-refractivity contribution is -0.120. The van der Waals surface area contributed by atoms with Gasteiger partial charge < -0.3 is 5.32 Å². The first-order chi connectivity index (χ1) is 13.5. The standard InChI is InChI=1S/C21H19N3O3S/c1-12(2)11-16(24-19(26)13-7-3-4-8-14(13)20(24)27)18(25)23-21-22-15-9-5-6-10-17(15)28-21/h3-10,12,16H,11H2,1-2H3,(H,22,23,25)/t16-/m0/s1. The van der Waals surface area contributed by atoms with Crippen molar-refractivity contribution in [2.45, 2.75) is 26.3 Å². The van der Waals surface area contributed by atoms with Gasteiger partial charge >= 0.3 is 0 Å². The zero-order valence-electron chi connectivity index (χ0n) is 15.5. The summed E-state index contributed by atoms with van der Waals surface area (Å²) in [5.41, 5.74) is 1.48. The molecule has 2 aromatic carbocycles. The predicted octanol–water partition coefficient (Wildman–Crippen LogP) is 3.95. The molecule has 0 unspecified atom stereocenters. The second-order valence-electron chi connectivity index (χ2n) is 7.15. The van der Waals surface area contributed by atoms with Crippen molar-refractivity contribution in [3.8, 4) is 0 Å². The maximum atomic E-state index is 13.1. The van der Waals surface area contributed by atoms with Gasteiger partial charge in [0.1, 0.15) is 6.04 Å². The Morgan fingerprint density at radius 1 is 1.04 bits per heavy atom. The van der Waals surface area contributed by atoms with Crippen molar-refractivity contribution >= 4 is 44.4 Å². The van der Waals surface area contributed by atoms with E-state index in [-0.39, 0.29) is 5.92 Å². The van der Waals surface area contributed by atoms with Crippen LogP contribution in [0, 0.1) is 5.92 Å². The fourth-order valence-electron chi connectivity index (χ4n) is 3.38. The summed E-state index contributed by atoms with van der Waals surface area (Å²) in [4.78, 5) is 44.3. The van der Waals surface area contributed by atoms with E-state index in [4.69, 9.17) is 0 Å². The minimum atomic E-state index is -0.889. The molecule has 1 aromatic heterocycles. The van der Waals surface area contributed by atoms with Gasteiger partial charge in [0.25, 0.3) is 11.8 Å². The number of hydrogen-bond donors (Lipinski definition) is 1. The molecular weight excluding hydrogens is 374 g/mol. The van der Waals surface area contributed by atoms with Crippen molar-refractivity contribution < 1.29 is 14.4 Å². The van der Waals surface area contributed by atoms with E-state index in [1.165, 1.54) is 11.3 Å². The van der Waals surface area contributed by atoms with E-state index in [1.807, 2.05) is 38.1 Å². The summed E-state index contributed by atoms with van der Waals surface area (Å²) in [6.07, 6.45) is 0.377. The van der Waals surface area contributed by atoms with Crippen LogP contribution in [0.5, 0.6) is 0 Å². The number of hydrogen-bond acceptors (Lipinski definition) is 5. The molecular formula is C21H19N3O3S. The van der Waals surface area contributed by atoms with Gasteiger partial charge in [-0.25, -0.2) is 4.98 Å². The average Bonchev–Trinajstić information content (AvgIpc) is 3.19. The Labute approximate surface area is 166 Å². The lowest BCUT2D eigenvalue weighted by atomic mass is 10.0. The molecule has 6 nitrogen and oxygen atoms in total. The van der Waals surface area contributed by atoms with Crippen LogP contribution in [0.4, 0.5) is 5.13 Å². The van der Waals surface area contributed by atoms with Gasteiger partial charge in [0.2, 0.25) is 5.91 Å². The third-order valence-corrected chi connectivity index (χ3v) is 5.61. The van der Waals surface area contributed by atoms with Crippen molar-refractivity contribution in [3.05, 3.63) is 59.7 Å². The van der Waals surface area contributed by atoms with Gasteiger partial charge in [-0.1, -0.05) is 49.4 Å². The summed E-state index contributed by atoms with van der Waals surface area (Å²) in [5.74, 6) is -1.13. The maximum absolute atomic E-state index is 13.1. The van der Waals surface area contributed by atoms with E-state index in [0.29, 0.717) is 22.7 Å². The number of nitrogens with one attached hydrogen (secondary N) is 1. The number of rotatable bonds is 5. The lowest BCUT2D eigenvalue weighted by Crippen LogP contribution is -2.47. The Kier molecular flexibility index (Phi) is 4.68. The van der Waals surface area contributed by atoms with Crippen LogP contribution < -0.4 is 5.32 Å². The van der Waals surface area contributed by atoms with Crippen molar-refractivity contribution in [1.82, 2.24) is 9.88 Å². The summed E-state index contributed by atoms with van der Waals surface area (Å²) in [6.45, 7) is 3.91. The minimum absolute atomic E-state index is 0.121. The molecule has 3 amide bonds. The number of carbonyl (C=O) groups is 3. The van der Waals surface area contributed by atoms with Gasteiger partial charge in [-0.2, -0.15) is 0 Å². The molecule has 1 aliphatic rings. The molecule has 0 aliphatic carbocycles. The van der Waals surface area contributed by atoms with Crippen LogP contribution in [0.1, 0.15) is 41.0 Å². The van der Waals surface area contributed by atoms with Crippen molar-refractivity contribution in [1.29, 1.82) is 0 Å². The van der Waals surface area contributed by atoms with Gasteiger partial charge in [0.05, 0.1) is 21.3 Å². The normalized spacial score (nSPS) is 14.6. The number of thiazole rings is 1. The first-order valence-electron chi connectivity index (χ1n) is 9.09. The van der Waals surface area contributed by atoms with E-state index in [9.17, 15) is 14.4 Å². The quantitative estimate of drug-likeness (QED) is 0.666. The highest BCUT2D eigenvalue weighted by molar-refractivity contribution is 7.22. The molecule has 0 fully saturated rings. The summed E-state index contributed by atoms with van der Waals surface area (Å²) in [7, 11) is 0. The predicted molar refractivity (Wildman–Crippen MR) is 108 cm³/mol. The number of imide groups is 1. The van der Waals surface area contributed by atoms with Crippen LogP contribution in [0.25, 0.3) is 10.2 Å². The molecule has 0 bridgehead atoms. The number of amides is 3. The first-order valence-corrected chi connectivity index (χ1v) is 9.90. The van der Waals surface area contributed by atoms with Gasteiger partial charge in [-0.05, 0) is 36.6 Å². The molecule has 0 saturated heterocycles. The van der Waals surface area contributed by atoms with E-state index in [2.05, 4.69) is 10.3 Å². The maximum Gasteiger partial charge on any atom is 0.262 e. The fourth-order valence-corrected chi connectivity index (χ4v) is 4.25. The van der Waals surface area contributed by atoms with Gasteiger partial charge in [0.15, 0.2) is 5.13 Å². The number of anilines is 1. The van der Waals surface area contributed by atoms with Crippen molar-refractivity contribution in [2.75, 3.05) is 5.32 Å². The smallest absolute Gasteiger partial charge is 0.262 e. The highest BCUT2D eigenvalue weighted by atomic mass is 32.1. The minimum Gasteiger partial charge on any atom is -0.300 e. The van der Waals surface area contributed by atoms with Crippen LogP contribution in [0.3, 0.4) is 0 Å². The highest BCUT2D eigenvalue weighted by Gasteiger charge is 2.42. The van der Waals surface area contributed by atoms with Crippen LogP contribution in [-0.2, 0) is 4.79 Å². The second kappa shape index (κ2) is 7.16. The number of aromatic nitrogens is 1. The third kappa shape index (κ3) is 3.18. The van der Waals surface area contributed by atoms with Crippen LogP contribution >= 0.6 is 11.3 Å². The summed E-state index contributed by atoms with van der Waals surface area (Å²) in [6, 6.07) is 13.4. The monoisotopic (exact) mass is 393 g/mol. The molecule has 1 atom stereocenters. The van der Waals surface area contributed by atoms with E-state index >= 15 is 0 Å². The Hall–Kier alpha value is -3.06. The summed E-state index contributed by atoms with van der Waals surface area (Å²) < 4.78 is 0.957. The number of nitrogens with zero attached hydrogens (tertiary/aromatic N) is 2. The molecule has 142 valence electrons. The Morgan fingerprint density at radius 3 is 2.25 bits per heavy atom. The first kappa shape index (κ1) is 18.3. The van der Waals surface area contributed by atoms with Crippen molar-refractivity contribution in [3.63, 3.8) is 0 Å². The second-order valence-corrected chi connectivity index (χ2v) is 8.18. The van der Waals surface area contributed by atoms with Gasteiger partial charge in [0, 0.05) is 0 Å². The Bertz CT molecular complexity index is 1020. The van der Waals surface area contributed by atoms with Crippen LogP contribution in [0.15, 0.2) is 48.5 Å². The Morgan fingerprint density at radius 2 is 1.64 bits per heavy atom. The molecule has 3 aromatic rings. The average molecular weight is 393 g/mol. The summed E-state index contributed by atoms with van der Waals surface area (Å²) in [5, 5.41) is 3.26. The van der Waals surface area contributed by atoms with Crippen molar-refractivity contribution in [2.24, 2.45) is 5.92 Å². The number of carbonyl (C=O) groups excluding carboxylic acids is 3. The molecule has 4 rings (SSSR count). The zero-order valence-corrected chi connectivity index (χ0v) is 16.3. The van der Waals surface area contributed by atoms with Gasteiger partial charge in [-0.15, -0.1) is 0 Å². The largest absolute Gasteiger partial charge is 0.300 e. The molecule has 1 N–H and O–H groups in total. The molecule has 28 heavy (non-hydrogen) atoms. The molecule has 0 spiro atoms. The van der Waals surface area contributed by atoms with Gasteiger partial charge in [-0.3, -0.25) is 19.3 Å². The van der Waals surface area contributed by atoms with Crippen LogP contribution in [0.2, 0.25) is 0 Å².